The zero-order chi connectivity index (χ0) is 13.8. The third kappa shape index (κ3) is 3.23. The number of hydrogen-bond acceptors (Lipinski definition) is 3. The van der Waals surface area contributed by atoms with Crippen LogP contribution >= 0.6 is 11.6 Å². The van der Waals surface area contributed by atoms with Crippen molar-refractivity contribution in [2.24, 2.45) is 0 Å². The summed E-state index contributed by atoms with van der Waals surface area (Å²) < 4.78 is 23.2. The summed E-state index contributed by atoms with van der Waals surface area (Å²) in [5.41, 5.74) is 0.639. The summed E-state index contributed by atoms with van der Waals surface area (Å²) in [6.45, 7) is 0. The first-order chi connectivity index (χ1) is 9.10. The molecule has 98 valence electrons. The quantitative estimate of drug-likeness (QED) is 0.674. The van der Waals surface area contributed by atoms with Crippen LogP contribution in [0.4, 0.5) is 4.39 Å². The van der Waals surface area contributed by atoms with E-state index in [9.17, 15) is 4.39 Å². The topological polar surface area (TPSA) is 42.3 Å². The molecule has 0 spiro atoms. The Morgan fingerprint density at radius 3 is 2.42 bits per heavy atom. The van der Waals surface area contributed by atoms with Gasteiger partial charge in [-0.15, -0.1) is 0 Å². The maximum atomic E-state index is 12.9. The molecule has 0 amide bonds. The van der Waals surface area contributed by atoms with Crippen LogP contribution in [0.1, 0.15) is 5.56 Å². The first kappa shape index (κ1) is 13.4. The van der Waals surface area contributed by atoms with E-state index in [1.54, 1.807) is 24.3 Å². The highest BCUT2D eigenvalue weighted by Gasteiger charge is 2.06. The van der Waals surface area contributed by atoms with Crippen LogP contribution < -0.4 is 4.74 Å². The Morgan fingerprint density at radius 2 is 1.84 bits per heavy atom. The Hall–Kier alpha value is -2.07. The first-order valence-corrected chi connectivity index (χ1v) is 5.84. The van der Waals surface area contributed by atoms with Crippen LogP contribution in [0.5, 0.6) is 11.5 Å². The lowest BCUT2D eigenvalue weighted by molar-refractivity contribution is 0.401. The summed E-state index contributed by atoms with van der Waals surface area (Å²) in [6, 6.07) is 10.7. The van der Waals surface area contributed by atoms with Gasteiger partial charge in [0.15, 0.2) is 0 Å². The SMILES string of the molecule is COC(=N)c1ccc(Oc2ccc(F)cc2Cl)cc1. The Bertz CT molecular complexity index is 599. The van der Waals surface area contributed by atoms with Gasteiger partial charge >= 0.3 is 0 Å². The summed E-state index contributed by atoms with van der Waals surface area (Å²) in [6.07, 6.45) is 0. The minimum absolute atomic E-state index is 0.0753. The molecule has 0 radical (unpaired) electrons. The fourth-order valence-corrected chi connectivity index (χ4v) is 1.68. The lowest BCUT2D eigenvalue weighted by atomic mass is 10.2. The van der Waals surface area contributed by atoms with Gasteiger partial charge in [-0.25, -0.2) is 4.39 Å². The van der Waals surface area contributed by atoms with Gasteiger partial charge in [-0.1, -0.05) is 11.6 Å². The van der Waals surface area contributed by atoms with E-state index < -0.39 is 5.82 Å². The molecule has 0 aliphatic carbocycles. The Morgan fingerprint density at radius 1 is 1.16 bits per heavy atom. The molecule has 2 rings (SSSR count). The van der Waals surface area contributed by atoms with E-state index in [0.29, 0.717) is 17.1 Å². The molecule has 0 atom stereocenters. The van der Waals surface area contributed by atoms with Crippen molar-refractivity contribution in [3.8, 4) is 11.5 Å². The number of benzene rings is 2. The summed E-state index contributed by atoms with van der Waals surface area (Å²) >= 11 is 5.86. The molecule has 0 bridgehead atoms. The minimum Gasteiger partial charge on any atom is -0.481 e. The molecule has 0 saturated carbocycles. The predicted octanol–water partition coefficient (Wildman–Crippen LogP) is 4.24. The van der Waals surface area contributed by atoms with Crippen LogP contribution in [-0.2, 0) is 4.74 Å². The van der Waals surface area contributed by atoms with Crippen molar-refractivity contribution in [3.05, 3.63) is 58.9 Å². The molecule has 0 heterocycles. The Kier molecular flexibility index (Phi) is 4.02. The van der Waals surface area contributed by atoms with Gasteiger partial charge in [-0.05, 0) is 42.5 Å². The highest BCUT2D eigenvalue weighted by Crippen LogP contribution is 2.29. The van der Waals surface area contributed by atoms with Gasteiger partial charge in [0.2, 0.25) is 5.90 Å². The molecule has 0 aliphatic rings. The first-order valence-electron chi connectivity index (χ1n) is 5.46. The monoisotopic (exact) mass is 279 g/mol. The minimum atomic E-state index is -0.416. The van der Waals surface area contributed by atoms with E-state index in [0.717, 1.165) is 0 Å². The summed E-state index contributed by atoms with van der Waals surface area (Å²) in [5.74, 6) is 0.575. The van der Waals surface area contributed by atoms with Crippen molar-refractivity contribution in [1.82, 2.24) is 0 Å². The number of ether oxygens (including phenoxy) is 2. The highest BCUT2D eigenvalue weighted by atomic mass is 35.5. The molecule has 0 aromatic heterocycles. The van der Waals surface area contributed by atoms with Gasteiger partial charge in [-0.3, -0.25) is 5.41 Å². The molecule has 5 heteroatoms. The normalized spacial score (nSPS) is 10.1. The third-order valence-electron chi connectivity index (χ3n) is 2.44. The van der Waals surface area contributed by atoms with Crippen LogP contribution in [0.15, 0.2) is 42.5 Å². The van der Waals surface area contributed by atoms with Crippen molar-refractivity contribution in [2.75, 3.05) is 7.11 Å². The lowest BCUT2D eigenvalue weighted by Crippen LogP contribution is -2.00. The van der Waals surface area contributed by atoms with E-state index in [1.165, 1.54) is 25.3 Å². The highest BCUT2D eigenvalue weighted by molar-refractivity contribution is 6.32. The van der Waals surface area contributed by atoms with Crippen molar-refractivity contribution in [1.29, 1.82) is 5.41 Å². The molecular weight excluding hydrogens is 269 g/mol. The largest absolute Gasteiger partial charge is 0.481 e. The maximum absolute atomic E-state index is 12.9. The molecule has 3 nitrogen and oxygen atoms in total. The zero-order valence-electron chi connectivity index (χ0n) is 10.1. The second-order valence-electron chi connectivity index (χ2n) is 3.73. The summed E-state index contributed by atoms with van der Waals surface area (Å²) in [4.78, 5) is 0. The Labute approximate surface area is 115 Å². The summed E-state index contributed by atoms with van der Waals surface area (Å²) in [5, 5.41) is 7.70. The maximum Gasteiger partial charge on any atom is 0.212 e. The molecule has 0 saturated heterocycles. The van der Waals surface area contributed by atoms with Crippen molar-refractivity contribution in [3.63, 3.8) is 0 Å². The predicted molar refractivity (Wildman–Crippen MR) is 71.8 cm³/mol. The number of hydrogen-bond donors (Lipinski definition) is 1. The van der Waals surface area contributed by atoms with Gasteiger partial charge in [0, 0.05) is 5.56 Å². The lowest BCUT2D eigenvalue weighted by Gasteiger charge is -2.08. The van der Waals surface area contributed by atoms with E-state index in [2.05, 4.69) is 0 Å². The van der Waals surface area contributed by atoms with Crippen molar-refractivity contribution in [2.45, 2.75) is 0 Å². The number of halogens is 2. The van der Waals surface area contributed by atoms with Crippen LogP contribution in [0.2, 0.25) is 5.02 Å². The van der Waals surface area contributed by atoms with Gasteiger partial charge in [0.05, 0.1) is 12.1 Å². The number of nitrogens with one attached hydrogen (secondary N) is 1. The number of methoxy groups -OCH3 is 1. The average molecular weight is 280 g/mol. The van der Waals surface area contributed by atoms with Gasteiger partial charge < -0.3 is 9.47 Å². The van der Waals surface area contributed by atoms with Crippen molar-refractivity contribution < 1.29 is 13.9 Å². The smallest absolute Gasteiger partial charge is 0.212 e. The Balaban J connectivity index is 2.17. The molecule has 0 aliphatic heterocycles. The molecule has 19 heavy (non-hydrogen) atoms. The van der Waals surface area contributed by atoms with Gasteiger partial charge in [0.25, 0.3) is 0 Å². The third-order valence-corrected chi connectivity index (χ3v) is 2.74. The summed E-state index contributed by atoms with van der Waals surface area (Å²) in [7, 11) is 1.44. The second kappa shape index (κ2) is 5.71. The standard InChI is InChI=1S/C14H11ClFNO2/c1-18-14(17)9-2-5-11(6-3-9)19-13-7-4-10(16)8-12(13)15/h2-8,17H,1H3. The van der Waals surface area contributed by atoms with E-state index in [1.807, 2.05) is 0 Å². The van der Waals surface area contributed by atoms with Gasteiger partial charge in [-0.2, -0.15) is 0 Å². The number of rotatable bonds is 3. The zero-order valence-corrected chi connectivity index (χ0v) is 10.9. The molecule has 0 fully saturated rings. The molecule has 1 N–H and O–H groups in total. The van der Waals surface area contributed by atoms with E-state index >= 15 is 0 Å². The molecular formula is C14H11ClFNO2. The van der Waals surface area contributed by atoms with Crippen LogP contribution in [0.3, 0.4) is 0 Å². The fourth-order valence-electron chi connectivity index (χ4n) is 1.48. The fraction of sp³-hybridized carbons (Fsp3) is 0.0714. The van der Waals surface area contributed by atoms with E-state index in [4.69, 9.17) is 26.5 Å². The molecule has 2 aromatic carbocycles. The van der Waals surface area contributed by atoms with Crippen molar-refractivity contribution >= 4 is 17.5 Å². The average Bonchev–Trinajstić information content (AvgIpc) is 2.42. The van der Waals surface area contributed by atoms with Crippen LogP contribution in [0.25, 0.3) is 0 Å². The second-order valence-corrected chi connectivity index (χ2v) is 4.14. The van der Waals surface area contributed by atoms with Gasteiger partial charge in [0.1, 0.15) is 17.3 Å². The van der Waals surface area contributed by atoms with Crippen LogP contribution in [0, 0.1) is 11.2 Å². The van der Waals surface area contributed by atoms with E-state index in [-0.39, 0.29) is 10.9 Å². The molecule has 0 unspecified atom stereocenters. The van der Waals surface area contributed by atoms with Crippen LogP contribution in [-0.4, -0.2) is 13.0 Å². The molecule has 2 aromatic rings.